The molecule has 3 fully saturated rings. The minimum absolute atomic E-state index is 0.101. The van der Waals surface area contributed by atoms with Gasteiger partial charge in [0.2, 0.25) is 5.91 Å². The Kier molecular flexibility index (Phi) is 3.26. The summed E-state index contributed by atoms with van der Waals surface area (Å²) in [6, 6.07) is 6.48. The van der Waals surface area contributed by atoms with Crippen molar-refractivity contribution in [3.05, 3.63) is 34.9 Å². The lowest BCUT2D eigenvalue weighted by molar-refractivity contribution is -0.124. The van der Waals surface area contributed by atoms with Crippen LogP contribution >= 0.6 is 0 Å². The molecule has 0 aromatic heterocycles. The minimum Gasteiger partial charge on any atom is -0.350 e. The van der Waals surface area contributed by atoms with Gasteiger partial charge >= 0.3 is 0 Å². The molecule has 1 aromatic rings. The monoisotopic (exact) mass is 284 g/mol. The summed E-state index contributed by atoms with van der Waals surface area (Å²) in [6.07, 6.45) is 7.54. The molecule has 3 heterocycles. The van der Waals surface area contributed by atoms with Crippen LogP contribution in [0.2, 0.25) is 0 Å². The van der Waals surface area contributed by atoms with E-state index in [2.05, 4.69) is 28.4 Å². The molecule has 3 heteroatoms. The van der Waals surface area contributed by atoms with Gasteiger partial charge in [0.15, 0.2) is 0 Å². The molecule has 0 atom stereocenters. The molecule has 3 saturated heterocycles. The molecule has 0 saturated carbocycles. The Morgan fingerprint density at radius 1 is 1.14 bits per heavy atom. The Labute approximate surface area is 126 Å². The number of hydrogen-bond acceptors (Lipinski definition) is 2. The van der Waals surface area contributed by atoms with Gasteiger partial charge in [-0.15, -0.1) is 0 Å². The molecule has 3 aliphatic heterocycles. The normalized spacial score (nSPS) is 30.2. The first kappa shape index (κ1) is 13.3. The lowest BCUT2D eigenvalue weighted by atomic mass is 9.80. The maximum Gasteiger partial charge on any atom is 0.224 e. The maximum atomic E-state index is 12.5. The first-order chi connectivity index (χ1) is 10.2. The van der Waals surface area contributed by atoms with Gasteiger partial charge in [0.05, 0.1) is 6.42 Å². The number of carbonyl (C=O) groups is 1. The molecule has 1 aromatic carbocycles. The number of hydrogen-bond donors (Lipinski definition) is 1. The Morgan fingerprint density at radius 2 is 1.90 bits per heavy atom. The number of rotatable bonds is 3. The predicted octanol–water partition coefficient (Wildman–Crippen LogP) is 2.07. The van der Waals surface area contributed by atoms with Gasteiger partial charge < -0.3 is 10.2 Å². The van der Waals surface area contributed by atoms with Gasteiger partial charge in [0, 0.05) is 25.2 Å². The topological polar surface area (TPSA) is 32.3 Å². The van der Waals surface area contributed by atoms with Crippen molar-refractivity contribution >= 4 is 5.91 Å². The lowest BCUT2D eigenvalue weighted by Gasteiger charge is -2.48. The maximum absolute atomic E-state index is 12.5. The fraction of sp³-hybridized carbons (Fsp3) is 0.611. The van der Waals surface area contributed by atoms with Gasteiger partial charge in [0.25, 0.3) is 0 Å². The number of amides is 1. The number of nitrogens with zero attached hydrogens (tertiary/aromatic N) is 1. The van der Waals surface area contributed by atoms with Gasteiger partial charge in [-0.3, -0.25) is 4.79 Å². The smallest absolute Gasteiger partial charge is 0.224 e. The Bertz CT molecular complexity index is 545. The zero-order valence-corrected chi connectivity index (χ0v) is 12.7. The Hall–Kier alpha value is -1.35. The standard InChI is InChI=1S/C18H24N2O/c21-17(19-18-7-10-20(11-8-18)12-9-18)13-15-5-1-3-14-4-2-6-16(14)15/h1,3,5H,2,4,6-13H2,(H,19,21). The van der Waals surface area contributed by atoms with Crippen LogP contribution in [0.15, 0.2) is 18.2 Å². The quantitative estimate of drug-likeness (QED) is 0.921. The molecule has 0 unspecified atom stereocenters. The zero-order chi connectivity index (χ0) is 14.3. The van der Waals surface area contributed by atoms with Crippen LogP contribution in [-0.4, -0.2) is 36.0 Å². The second kappa shape index (κ2) is 5.13. The van der Waals surface area contributed by atoms with Gasteiger partial charge in [-0.05, 0) is 55.2 Å². The number of piperidine rings is 3. The molecular weight excluding hydrogens is 260 g/mol. The van der Waals surface area contributed by atoms with Gasteiger partial charge in [-0.2, -0.15) is 0 Å². The summed E-state index contributed by atoms with van der Waals surface area (Å²) in [6.45, 7) is 3.46. The molecule has 4 aliphatic rings. The molecule has 112 valence electrons. The molecule has 0 radical (unpaired) electrons. The van der Waals surface area contributed by atoms with Crippen LogP contribution in [0.5, 0.6) is 0 Å². The van der Waals surface area contributed by atoms with E-state index in [1.807, 2.05) is 0 Å². The third-order valence-corrected chi connectivity index (χ3v) is 5.72. The summed E-state index contributed by atoms with van der Waals surface area (Å²) in [7, 11) is 0. The molecule has 1 amide bonds. The number of nitrogens with one attached hydrogen (secondary N) is 1. The van der Waals surface area contributed by atoms with Crippen LogP contribution in [0.3, 0.4) is 0 Å². The Morgan fingerprint density at radius 3 is 2.67 bits per heavy atom. The second-order valence-corrected chi connectivity index (χ2v) is 7.01. The Balaban J connectivity index is 1.46. The van der Waals surface area contributed by atoms with E-state index in [1.54, 1.807) is 0 Å². The van der Waals surface area contributed by atoms with Crippen LogP contribution in [0.4, 0.5) is 0 Å². The highest BCUT2D eigenvalue weighted by molar-refractivity contribution is 5.80. The SMILES string of the molecule is O=C(Cc1cccc2c1CCC2)NC12CCN(CC1)CC2. The van der Waals surface area contributed by atoms with Crippen LogP contribution in [0, 0.1) is 0 Å². The van der Waals surface area contributed by atoms with E-state index in [9.17, 15) is 4.79 Å². The van der Waals surface area contributed by atoms with Crippen molar-refractivity contribution in [3.63, 3.8) is 0 Å². The third kappa shape index (κ3) is 2.48. The number of benzene rings is 1. The zero-order valence-electron chi connectivity index (χ0n) is 12.7. The van der Waals surface area contributed by atoms with Crippen molar-refractivity contribution in [2.45, 2.75) is 50.5 Å². The van der Waals surface area contributed by atoms with E-state index in [0.717, 1.165) is 45.3 Å². The summed E-state index contributed by atoms with van der Waals surface area (Å²) in [4.78, 5) is 15.0. The second-order valence-electron chi connectivity index (χ2n) is 7.01. The highest BCUT2D eigenvalue weighted by Gasteiger charge is 2.40. The van der Waals surface area contributed by atoms with Gasteiger partial charge in [0.1, 0.15) is 0 Å². The van der Waals surface area contributed by atoms with Gasteiger partial charge in [-0.1, -0.05) is 18.2 Å². The third-order valence-electron chi connectivity index (χ3n) is 5.72. The molecule has 0 spiro atoms. The average Bonchev–Trinajstić information content (AvgIpc) is 2.98. The molecule has 5 rings (SSSR count). The van der Waals surface area contributed by atoms with E-state index in [4.69, 9.17) is 0 Å². The molecule has 1 N–H and O–H groups in total. The van der Waals surface area contributed by atoms with Crippen molar-refractivity contribution in [3.8, 4) is 0 Å². The molecule has 1 aliphatic carbocycles. The van der Waals surface area contributed by atoms with Crippen molar-refractivity contribution in [1.29, 1.82) is 0 Å². The largest absolute Gasteiger partial charge is 0.350 e. The highest BCUT2D eigenvalue weighted by Crippen LogP contribution is 2.32. The van der Waals surface area contributed by atoms with Crippen LogP contribution in [-0.2, 0) is 24.1 Å². The van der Waals surface area contributed by atoms with Crippen LogP contribution in [0.1, 0.15) is 42.4 Å². The molecular formula is C18H24N2O. The lowest BCUT2D eigenvalue weighted by Crippen LogP contribution is -2.61. The summed E-state index contributed by atoms with van der Waals surface area (Å²) in [5.74, 6) is 0.227. The number of fused-ring (bicyclic) bond motifs is 4. The fourth-order valence-electron chi connectivity index (χ4n) is 4.39. The van der Waals surface area contributed by atoms with E-state index >= 15 is 0 Å². The molecule has 2 bridgehead atoms. The summed E-state index contributed by atoms with van der Waals surface area (Å²) < 4.78 is 0. The summed E-state index contributed by atoms with van der Waals surface area (Å²) in [5, 5.41) is 3.39. The van der Waals surface area contributed by atoms with Crippen molar-refractivity contribution in [2.75, 3.05) is 19.6 Å². The first-order valence-corrected chi connectivity index (χ1v) is 8.37. The van der Waals surface area contributed by atoms with Gasteiger partial charge in [-0.25, -0.2) is 0 Å². The van der Waals surface area contributed by atoms with Crippen molar-refractivity contribution in [2.24, 2.45) is 0 Å². The van der Waals surface area contributed by atoms with E-state index in [-0.39, 0.29) is 11.4 Å². The van der Waals surface area contributed by atoms with E-state index in [0.29, 0.717) is 6.42 Å². The average molecular weight is 284 g/mol. The number of carbonyl (C=O) groups excluding carboxylic acids is 1. The first-order valence-electron chi connectivity index (χ1n) is 8.37. The molecule has 3 nitrogen and oxygen atoms in total. The fourth-order valence-corrected chi connectivity index (χ4v) is 4.39. The number of aryl methyl sites for hydroxylation is 1. The highest BCUT2D eigenvalue weighted by atomic mass is 16.1. The summed E-state index contributed by atoms with van der Waals surface area (Å²) >= 11 is 0. The van der Waals surface area contributed by atoms with E-state index in [1.165, 1.54) is 29.5 Å². The minimum atomic E-state index is 0.101. The predicted molar refractivity (Wildman–Crippen MR) is 83.3 cm³/mol. The van der Waals surface area contributed by atoms with Crippen LogP contribution < -0.4 is 5.32 Å². The van der Waals surface area contributed by atoms with Crippen molar-refractivity contribution < 1.29 is 4.79 Å². The summed E-state index contributed by atoms with van der Waals surface area (Å²) in [5.41, 5.74) is 4.27. The van der Waals surface area contributed by atoms with E-state index < -0.39 is 0 Å². The van der Waals surface area contributed by atoms with Crippen LogP contribution in [0.25, 0.3) is 0 Å². The molecule has 21 heavy (non-hydrogen) atoms. The van der Waals surface area contributed by atoms with Crippen molar-refractivity contribution in [1.82, 2.24) is 10.2 Å².